The predicted molar refractivity (Wildman–Crippen MR) is 131 cm³/mol. The first kappa shape index (κ1) is 23.0. The van der Waals surface area contributed by atoms with Crippen molar-refractivity contribution >= 4 is 29.6 Å². The number of carbonyl (C=O) groups excluding carboxylic acids is 1. The maximum absolute atomic E-state index is 11.9. The Morgan fingerprint density at radius 2 is 2.15 bits per heavy atom. The average Bonchev–Trinajstić information content (AvgIpc) is 3.40. The van der Waals surface area contributed by atoms with E-state index in [2.05, 4.69) is 43.8 Å². The molecule has 4 rings (SSSR count). The second kappa shape index (κ2) is 9.38. The zero-order chi connectivity index (χ0) is 24.4. The van der Waals surface area contributed by atoms with Crippen LogP contribution < -0.4 is 10.1 Å². The number of H-pyrrole nitrogens is 1. The van der Waals surface area contributed by atoms with Crippen molar-refractivity contribution in [1.82, 2.24) is 34.6 Å². The van der Waals surface area contributed by atoms with Gasteiger partial charge in [0.1, 0.15) is 11.8 Å². The quantitative estimate of drug-likeness (QED) is 0.285. The molecule has 11 nitrogen and oxygen atoms in total. The molecule has 1 amide bonds. The van der Waals surface area contributed by atoms with Crippen molar-refractivity contribution in [3.63, 3.8) is 0 Å². The van der Waals surface area contributed by atoms with Crippen LogP contribution in [-0.2, 0) is 11.8 Å². The molecular weight excluding hydrogens is 434 g/mol. The molecule has 0 aromatic carbocycles. The van der Waals surface area contributed by atoms with Crippen molar-refractivity contribution in [1.29, 1.82) is 0 Å². The second-order valence-electron chi connectivity index (χ2n) is 8.35. The number of carbonyl (C=O) groups is 1. The minimum absolute atomic E-state index is 0.0691. The molecule has 1 fully saturated rings. The van der Waals surface area contributed by atoms with E-state index >= 15 is 0 Å². The summed E-state index contributed by atoms with van der Waals surface area (Å²) in [6.45, 7) is 8.95. The Morgan fingerprint density at radius 1 is 1.38 bits per heavy atom. The minimum atomic E-state index is -0.0925. The Morgan fingerprint density at radius 3 is 2.79 bits per heavy atom. The van der Waals surface area contributed by atoms with Crippen LogP contribution in [0.3, 0.4) is 0 Å². The van der Waals surface area contributed by atoms with Crippen molar-refractivity contribution in [2.75, 3.05) is 19.4 Å². The number of aromatic amines is 1. The molecule has 3 heterocycles. The van der Waals surface area contributed by atoms with Crippen LogP contribution in [0.15, 0.2) is 48.2 Å². The van der Waals surface area contributed by atoms with E-state index in [4.69, 9.17) is 4.74 Å². The molecule has 34 heavy (non-hydrogen) atoms. The van der Waals surface area contributed by atoms with Crippen molar-refractivity contribution in [3.05, 3.63) is 43.1 Å². The summed E-state index contributed by atoms with van der Waals surface area (Å²) < 4.78 is 8.09. The van der Waals surface area contributed by atoms with Gasteiger partial charge >= 0.3 is 0 Å². The lowest BCUT2D eigenvalue weighted by Gasteiger charge is -2.40. The lowest BCUT2D eigenvalue weighted by molar-refractivity contribution is -0.130. The summed E-state index contributed by atoms with van der Waals surface area (Å²) in [7, 11) is 5.43. The number of nitrogens with one attached hydrogen (secondary N) is 2. The predicted octanol–water partition coefficient (Wildman–Crippen LogP) is 2.73. The molecule has 11 heteroatoms. The highest BCUT2D eigenvalue weighted by Gasteiger charge is 2.36. The van der Waals surface area contributed by atoms with Gasteiger partial charge in [-0.1, -0.05) is 6.58 Å². The Labute approximate surface area is 197 Å². The van der Waals surface area contributed by atoms with E-state index in [1.807, 2.05) is 26.4 Å². The number of allylic oxidation sites excluding steroid dienone is 1. The van der Waals surface area contributed by atoms with Gasteiger partial charge in [0.2, 0.25) is 17.7 Å². The molecule has 178 valence electrons. The first-order valence-electron chi connectivity index (χ1n) is 10.9. The van der Waals surface area contributed by atoms with Crippen molar-refractivity contribution in [3.8, 4) is 17.0 Å². The summed E-state index contributed by atoms with van der Waals surface area (Å²) >= 11 is 0. The van der Waals surface area contributed by atoms with E-state index in [0.29, 0.717) is 30.3 Å². The highest BCUT2D eigenvalue weighted by atomic mass is 16.5. The Balaban J connectivity index is 1.65. The van der Waals surface area contributed by atoms with Gasteiger partial charge in [-0.05, 0) is 13.0 Å². The minimum Gasteiger partial charge on any atom is -0.474 e. The van der Waals surface area contributed by atoms with Crippen LogP contribution in [0.2, 0.25) is 0 Å². The molecule has 0 radical (unpaired) electrons. The molecule has 1 aliphatic rings. The molecule has 0 aliphatic heterocycles. The molecule has 2 N–H and O–H groups in total. The van der Waals surface area contributed by atoms with E-state index in [-0.39, 0.29) is 18.1 Å². The highest BCUT2D eigenvalue weighted by Crippen LogP contribution is 2.37. The van der Waals surface area contributed by atoms with Crippen LogP contribution in [0.25, 0.3) is 22.2 Å². The second-order valence-corrected chi connectivity index (χ2v) is 8.35. The number of aromatic nitrogens is 5. The van der Waals surface area contributed by atoms with Crippen molar-refractivity contribution < 1.29 is 9.53 Å². The molecule has 0 spiro atoms. The largest absolute Gasteiger partial charge is 0.474 e. The zero-order valence-corrected chi connectivity index (χ0v) is 19.8. The van der Waals surface area contributed by atoms with Gasteiger partial charge in [-0.3, -0.25) is 14.5 Å². The van der Waals surface area contributed by atoms with Crippen molar-refractivity contribution in [2.24, 2.45) is 12.1 Å². The third-order valence-electron chi connectivity index (χ3n) is 5.84. The van der Waals surface area contributed by atoms with Gasteiger partial charge < -0.3 is 19.9 Å². The first-order chi connectivity index (χ1) is 16.3. The van der Waals surface area contributed by atoms with Crippen LogP contribution in [0.5, 0.6) is 5.88 Å². The third kappa shape index (κ3) is 4.63. The summed E-state index contributed by atoms with van der Waals surface area (Å²) in [4.78, 5) is 26.2. The monoisotopic (exact) mass is 463 g/mol. The summed E-state index contributed by atoms with van der Waals surface area (Å²) in [5, 5.41) is 13.7. The number of likely N-dealkylation sites (N-methyl/N-ethyl adjacent to an activating group) is 1. The highest BCUT2D eigenvalue weighted by molar-refractivity contribution is 5.97. The van der Waals surface area contributed by atoms with E-state index in [1.165, 1.54) is 6.08 Å². The molecule has 0 unspecified atom stereocenters. The topological polar surface area (TPSA) is 117 Å². The Kier molecular flexibility index (Phi) is 6.35. The standard InChI is InChI=1S/C23H29N9O2/c1-7-19(33)32(6)16-8-17(9-16)34-22-20-18(15-10-26-31(5)13-15)11-25-21(20)28-23(29-22)27-14(2)12-30(4)24-3/h7,10-13,16-17H,1,3,8-9H2,2,4-6H3,(H2,25,27,28,29)/b14-12+/t16-,17-. The lowest BCUT2D eigenvalue weighted by Crippen LogP contribution is -2.49. The summed E-state index contributed by atoms with van der Waals surface area (Å²) in [6, 6.07) is 0.113. The third-order valence-corrected chi connectivity index (χ3v) is 5.84. The SMILES string of the molecule is C=CC(=O)N(C)[C@H]1C[C@H](Oc2nc(N/C(C)=C/N(C)N=C)nc3[nH]cc(-c4cnn(C)c4)c23)C1. The molecule has 3 aromatic rings. The molecule has 0 saturated heterocycles. The van der Waals surface area contributed by atoms with Gasteiger partial charge in [0.05, 0.1) is 11.6 Å². The van der Waals surface area contributed by atoms with Gasteiger partial charge in [0.25, 0.3) is 0 Å². The fourth-order valence-corrected chi connectivity index (χ4v) is 3.89. The lowest BCUT2D eigenvalue weighted by atomic mass is 9.88. The first-order valence-corrected chi connectivity index (χ1v) is 10.9. The fourth-order valence-electron chi connectivity index (χ4n) is 3.89. The van der Waals surface area contributed by atoms with Gasteiger partial charge in [-0.2, -0.15) is 20.2 Å². The number of fused-ring (bicyclic) bond motifs is 1. The summed E-state index contributed by atoms with van der Waals surface area (Å²) in [5.74, 6) is 0.769. The van der Waals surface area contributed by atoms with Crippen LogP contribution >= 0.6 is 0 Å². The normalized spacial score (nSPS) is 17.7. The molecular formula is C23H29N9O2. The maximum Gasteiger partial charge on any atom is 0.245 e. The number of aryl methyl sites for hydroxylation is 1. The number of hydrogen-bond donors (Lipinski definition) is 2. The number of nitrogens with zero attached hydrogens (tertiary/aromatic N) is 7. The van der Waals surface area contributed by atoms with Crippen LogP contribution in [0, 0.1) is 0 Å². The Bertz CT molecular complexity index is 1250. The summed E-state index contributed by atoms with van der Waals surface area (Å²) in [6.07, 6.45) is 10.1. The number of hydrazone groups is 1. The fraction of sp³-hybridized carbons (Fsp3) is 0.348. The number of hydrogen-bond acceptors (Lipinski definition) is 8. The van der Waals surface area contributed by atoms with Crippen LogP contribution in [0.1, 0.15) is 19.8 Å². The zero-order valence-electron chi connectivity index (χ0n) is 19.8. The smallest absolute Gasteiger partial charge is 0.245 e. The molecule has 0 bridgehead atoms. The molecule has 3 aromatic heterocycles. The molecule has 1 saturated carbocycles. The van der Waals surface area contributed by atoms with E-state index in [0.717, 1.165) is 22.2 Å². The maximum atomic E-state index is 11.9. The van der Waals surface area contributed by atoms with Gasteiger partial charge in [0.15, 0.2) is 0 Å². The van der Waals surface area contributed by atoms with E-state index in [9.17, 15) is 4.79 Å². The molecule has 1 aliphatic carbocycles. The number of amides is 1. The van der Waals surface area contributed by atoms with Crippen molar-refractivity contribution in [2.45, 2.75) is 31.9 Å². The van der Waals surface area contributed by atoms with Gasteiger partial charge in [-0.25, -0.2) is 0 Å². The van der Waals surface area contributed by atoms with Crippen LogP contribution in [0.4, 0.5) is 5.95 Å². The summed E-state index contributed by atoms with van der Waals surface area (Å²) in [5.41, 5.74) is 3.26. The molecule has 0 atom stereocenters. The average molecular weight is 464 g/mol. The van der Waals surface area contributed by atoms with Gasteiger partial charge in [0, 0.05) is 82.2 Å². The number of ether oxygens (including phenoxy) is 1. The van der Waals surface area contributed by atoms with Crippen LogP contribution in [-0.4, -0.2) is 73.5 Å². The number of rotatable bonds is 9. The Hall–Kier alpha value is -4.15. The van der Waals surface area contributed by atoms with Gasteiger partial charge in [-0.15, -0.1) is 0 Å². The van der Waals surface area contributed by atoms with E-state index < -0.39 is 0 Å². The van der Waals surface area contributed by atoms with E-state index in [1.54, 1.807) is 41.1 Å². The number of anilines is 1.